The lowest BCUT2D eigenvalue weighted by Gasteiger charge is -2.16. The van der Waals surface area contributed by atoms with Gasteiger partial charge in [-0.05, 0) is 95.1 Å². The first kappa shape index (κ1) is 32.6. The lowest BCUT2D eigenvalue weighted by atomic mass is 9.97. The van der Waals surface area contributed by atoms with Crippen LogP contribution >= 0.6 is 0 Å². The molecule has 0 atom stereocenters. The fourth-order valence-electron chi connectivity index (χ4n) is 7.17. The normalized spacial score (nSPS) is 17.3. The van der Waals surface area contributed by atoms with Crippen LogP contribution in [0.15, 0.2) is 190 Å². The van der Waals surface area contributed by atoms with Gasteiger partial charge in [-0.1, -0.05) is 12.1 Å². The predicted molar refractivity (Wildman–Crippen MR) is 214 cm³/mol. The lowest BCUT2D eigenvalue weighted by Crippen LogP contribution is -2.26. The van der Waals surface area contributed by atoms with Crippen LogP contribution in [0.5, 0.6) is 0 Å². The maximum Gasteiger partial charge on any atom is 0.210 e. The van der Waals surface area contributed by atoms with E-state index in [1.54, 1.807) is 6.07 Å². The number of pyridine rings is 2. The second-order valence-corrected chi connectivity index (χ2v) is 13.6. The standard InChI is InChI=1S/C45H35N8O/c1-51-21-15-28(16-22-51)41-33-7-9-35(47-33)42(29-17-23-52(2)24-18-29)37-11-13-39(49-37)44(31-5-4-6-32(27-31)45(46)54)40-14-12-38(50-40)43(36-10-8-34(41)48-36)30-19-25-53(3)26-20-30/h4-27H,1-3H3,(H2-,46,47,48,49,50,54)/q+1/p+1. The van der Waals surface area contributed by atoms with Crippen molar-refractivity contribution in [3.05, 3.63) is 208 Å². The molecule has 0 fully saturated rings. The number of aliphatic imine (C=N–C) groups is 3. The molecule has 0 amide bonds. The number of aliphatic hydroxyl groups is 1. The summed E-state index contributed by atoms with van der Waals surface area (Å²) in [5, 5.41) is 18.2. The summed E-state index contributed by atoms with van der Waals surface area (Å²) in [6.07, 6.45) is 28.7. The predicted octanol–water partition coefficient (Wildman–Crippen LogP) is 6.79. The van der Waals surface area contributed by atoms with Gasteiger partial charge in [-0.2, -0.15) is 0 Å². The number of aromatic amines is 1. The van der Waals surface area contributed by atoms with Crippen LogP contribution in [0.2, 0.25) is 0 Å². The summed E-state index contributed by atoms with van der Waals surface area (Å²) in [4.78, 5) is 21.8. The molecule has 0 radical (unpaired) electrons. The Balaban J connectivity index is 1.37. The molecule has 0 saturated heterocycles. The highest BCUT2D eigenvalue weighted by atomic mass is 16.3. The smallest absolute Gasteiger partial charge is 0.210 e. The van der Waals surface area contributed by atoms with Crippen LogP contribution in [-0.2, 0) is 14.1 Å². The van der Waals surface area contributed by atoms with E-state index in [-0.39, 0.29) is 0 Å². The first-order valence-corrected chi connectivity index (χ1v) is 17.7. The number of hydrogen-bond acceptors (Lipinski definition) is 5. The first-order valence-electron chi connectivity index (χ1n) is 17.7. The van der Waals surface area contributed by atoms with E-state index < -0.39 is 5.90 Å². The van der Waals surface area contributed by atoms with Gasteiger partial charge < -0.3 is 15.0 Å². The quantitative estimate of drug-likeness (QED) is 0.124. The van der Waals surface area contributed by atoms with Crippen LogP contribution in [0.25, 0.3) is 16.7 Å². The van der Waals surface area contributed by atoms with Gasteiger partial charge in [0.05, 0.1) is 34.2 Å². The van der Waals surface area contributed by atoms with Crippen molar-refractivity contribution >= 4 is 39.8 Å². The van der Waals surface area contributed by atoms with Crippen molar-refractivity contribution in [2.24, 2.45) is 29.1 Å². The summed E-state index contributed by atoms with van der Waals surface area (Å²) < 4.78 is 4.04. The third-order valence-electron chi connectivity index (χ3n) is 9.91. The monoisotopic (exact) mass is 704 g/mol. The molecule has 5 aliphatic heterocycles. The Hall–Kier alpha value is -7.26. The Bertz CT molecular complexity index is 2660. The van der Waals surface area contributed by atoms with Gasteiger partial charge in [0.25, 0.3) is 0 Å². The number of aryl methyl sites for hydroxylation is 2. The van der Waals surface area contributed by atoms with Gasteiger partial charge in [0, 0.05) is 83.0 Å². The van der Waals surface area contributed by atoms with Crippen molar-refractivity contribution in [2.45, 2.75) is 0 Å². The van der Waals surface area contributed by atoms with Crippen molar-refractivity contribution in [3.8, 4) is 0 Å². The molecule has 9 heteroatoms. The number of nitrogens with zero attached hydrogens (tertiary/aromatic N) is 6. The minimum absolute atomic E-state index is 0.408. The Kier molecular flexibility index (Phi) is 7.89. The zero-order valence-electron chi connectivity index (χ0n) is 30.0. The summed E-state index contributed by atoms with van der Waals surface area (Å²) in [6.45, 7) is 0. The highest BCUT2D eigenvalue weighted by molar-refractivity contribution is 6.36. The Morgan fingerprint density at radius 1 is 0.593 bits per heavy atom. The molecule has 0 aliphatic carbocycles. The number of benzene rings is 1. The van der Waals surface area contributed by atoms with Gasteiger partial charge in [-0.3, -0.25) is 5.41 Å². The van der Waals surface area contributed by atoms with Gasteiger partial charge in [-0.15, -0.1) is 0 Å². The van der Waals surface area contributed by atoms with Crippen LogP contribution in [0.1, 0.15) is 33.6 Å². The minimum atomic E-state index is -0.500. The van der Waals surface area contributed by atoms with E-state index in [0.29, 0.717) is 11.3 Å². The Labute approximate surface area is 312 Å². The molecule has 3 N–H and O–H groups in total. The van der Waals surface area contributed by atoms with E-state index in [0.717, 1.165) is 84.5 Å². The molecular formula is C45H36N8O+2. The fourth-order valence-corrected chi connectivity index (χ4v) is 7.17. The number of aliphatic hydroxyl groups excluding tert-OH is 1. The molecule has 8 heterocycles. The number of fused-ring (bicyclic) bond motifs is 5. The zero-order valence-corrected chi connectivity index (χ0v) is 30.0. The average molecular weight is 705 g/mol. The summed E-state index contributed by atoms with van der Waals surface area (Å²) in [5.41, 5.74) is 14.3. The maximum atomic E-state index is 10.2. The second kappa shape index (κ2) is 13.1. The molecule has 1 aromatic carbocycles. The van der Waals surface area contributed by atoms with Crippen molar-refractivity contribution in [1.29, 1.82) is 5.41 Å². The first-order chi connectivity index (χ1) is 26.3. The van der Waals surface area contributed by atoms with Crippen molar-refractivity contribution in [1.82, 2.24) is 9.88 Å². The minimum Gasteiger partial charge on any atom is -0.493 e. The molecule has 8 bridgehead atoms. The lowest BCUT2D eigenvalue weighted by molar-refractivity contribution is -0.671. The topological polar surface area (TPSA) is 108 Å². The van der Waals surface area contributed by atoms with Gasteiger partial charge in [0.15, 0.2) is 24.8 Å². The van der Waals surface area contributed by atoms with Crippen LogP contribution < -0.4 is 9.13 Å². The van der Waals surface area contributed by atoms with Gasteiger partial charge in [-0.25, -0.2) is 24.1 Å². The molecule has 0 saturated carbocycles. The average Bonchev–Trinajstić information content (AvgIpc) is 4.02. The molecule has 0 unspecified atom stereocenters. The molecule has 9 rings (SSSR count). The second-order valence-electron chi connectivity index (χ2n) is 13.6. The van der Waals surface area contributed by atoms with Crippen molar-refractivity contribution in [2.75, 3.05) is 7.05 Å². The maximum absolute atomic E-state index is 10.2. The molecule has 4 aromatic rings. The SMILES string of the molecule is CN1C=CC(=C2C3=NC(=C(c4cccc(C(=N)O)c4)C4=NC(=C(c5cc[n+](C)cc5)c5ccc([nH]5)C(c5cc[n+](C)cc5)=C5C=CC2=N5)C=C4)C=C3)C=C1. The number of nitrogens with one attached hydrogen (secondary N) is 2. The van der Waals surface area contributed by atoms with E-state index in [1.807, 2.05) is 102 Å². The number of aromatic nitrogens is 3. The molecule has 260 valence electrons. The van der Waals surface area contributed by atoms with Gasteiger partial charge in [0.1, 0.15) is 14.1 Å². The number of allylic oxidation sites excluding steroid dienone is 11. The molecule has 5 aliphatic rings. The zero-order chi connectivity index (χ0) is 36.9. The van der Waals surface area contributed by atoms with Gasteiger partial charge in [0.2, 0.25) is 5.90 Å². The highest BCUT2D eigenvalue weighted by Crippen LogP contribution is 2.38. The van der Waals surface area contributed by atoms with Crippen molar-refractivity contribution in [3.63, 3.8) is 0 Å². The fraction of sp³-hybridized carbons (Fsp3) is 0.0667. The van der Waals surface area contributed by atoms with E-state index in [2.05, 4.69) is 78.1 Å². The van der Waals surface area contributed by atoms with Crippen LogP contribution in [0.3, 0.4) is 0 Å². The molecular weight excluding hydrogens is 669 g/mol. The van der Waals surface area contributed by atoms with Crippen LogP contribution in [-0.4, -0.2) is 45.1 Å². The molecule has 0 spiro atoms. The molecule has 3 aromatic heterocycles. The Morgan fingerprint density at radius 2 is 1.07 bits per heavy atom. The third-order valence-corrected chi connectivity index (χ3v) is 9.91. The number of rotatable bonds is 4. The van der Waals surface area contributed by atoms with E-state index in [1.165, 1.54) is 0 Å². The Morgan fingerprint density at radius 3 is 1.57 bits per heavy atom. The number of hydrogen-bond donors (Lipinski definition) is 3. The summed E-state index contributed by atoms with van der Waals surface area (Å²) in [7, 11) is 6.02. The highest BCUT2D eigenvalue weighted by Gasteiger charge is 2.27. The summed E-state index contributed by atoms with van der Waals surface area (Å²) >= 11 is 0. The van der Waals surface area contributed by atoms with Crippen molar-refractivity contribution < 1.29 is 14.2 Å². The summed E-state index contributed by atoms with van der Waals surface area (Å²) in [5.74, 6) is -0.500. The van der Waals surface area contributed by atoms with Crippen LogP contribution in [0, 0.1) is 5.41 Å². The van der Waals surface area contributed by atoms with E-state index in [4.69, 9.17) is 20.4 Å². The van der Waals surface area contributed by atoms with E-state index >= 15 is 0 Å². The molecule has 54 heavy (non-hydrogen) atoms. The van der Waals surface area contributed by atoms with Gasteiger partial charge >= 0.3 is 0 Å². The third kappa shape index (κ3) is 5.87. The van der Waals surface area contributed by atoms with Crippen LogP contribution in [0.4, 0.5) is 0 Å². The largest absolute Gasteiger partial charge is 0.493 e. The molecule has 9 nitrogen and oxygen atoms in total. The number of H-pyrrole nitrogens is 1. The van der Waals surface area contributed by atoms with E-state index in [9.17, 15) is 5.11 Å². The summed E-state index contributed by atoms with van der Waals surface area (Å²) in [6, 6.07) is 20.0.